The Balaban J connectivity index is 0.000000751. The summed E-state index contributed by atoms with van der Waals surface area (Å²) in [6.07, 6.45) is 0.602. The maximum atomic E-state index is 14.1. The fraction of sp³-hybridized carbons (Fsp3) is 0.391. The second kappa shape index (κ2) is 11.0. The van der Waals surface area contributed by atoms with E-state index in [4.69, 9.17) is 25.1 Å². The van der Waals surface area contributed by atoms with Crippen molar-refractivity contribution in [2.45, 2.75) is 38.3 Å². The molecule has 2 amide bonds. The normalized spacial score (nSPS) is 18.7. The van der Waals surface area contributed by atoms with Crippen LogP contribution in [0.2, 0.25) is 0 Å². The van der Waals surface area contributed by atoms with Crippen LogP contribution >= 0.6 is 0 Å². The van der Waals surface area contributed by atoms with Gasteiger partial charge in [0.25, 0.3) is 17.8 Å². The van der Waals surface area contributed by atoms with Crippen LogP contribution in [0.4, 0.5) is 4.39 Å². The Morgan fingerprint density at radius 2 is 2.00 bits per heavy atom. The third kappa shape index (κ3) is 6.27. The van der Waals surface area contributed by atoms with Gasteiger partial charge in [-0.1, -0.05) is 6.07 Å². The standard InChI is InChI=1S/C21H22FN3O5.C2H4O2/c22-14-8-11(1-2-13(14)20(23)27)7-12-9-17(24-16-4-6-30-19(12)16)21(28)25-15-3-5-29-10-18(15)26;1-2(3)4/h1-2,8-9,15,18,26H,3-7,10H2,(H2,23,27)(H,25,28);1H3,(H,3,4)/t15-,18-;/m0./s1. The summed E-state index contributed by atoms with van der Waals surface area (Å²) < 4.78 is 25.0. The lowest BCUT2D eigenvalue weighted by molar-refractivity contribution is -0.134. The summed E-state index contributed by atoms with van der Waals surface area (Å²) in [6.45, 7) is 2.17. The van der Waals surface area contributed by atoms with Gasteiger partial charge in [-0.05, 0) is 30.2 Å². The van der Waals surface area contributed by atoms with Crippen molar-refractivity contribution < 1.29 is 38.5 Å². The van der Waals surface area contributed by atoms with Crippen LogP contribution in [-0.2, 0) is 22.4 Å². The molecule has 0 bridgehead atoms. The Hall–Kier alpha value is -3.57. The zero-order valence-corrected chi connectivity index (χ0v) is 18.5. The van der Waals surface area contributed by atoms with Crippen molar-refractivity contribution >= 4 is 17.8 Å². The largest absolute Gasteiger partial charge is 0.491 e. The summed E-state index contributed by atoms with van der Waals surface area (Å²) >= 11 is 0. The number of aromatic nitrogens is 1. The lowest BCUT2D eigenvalue weighted by Gasteiger charge is -2.28. The van der Waals surface area contributed by atoms with Crippen LogP contribution in [0.5, 0.6) is 5.75 Å². The minimum absolute atomic E-state index is 0.175. The third-order valence-electron chi connectivity index (χ3n) is 5.27. The van der Waals surface area contributed by atoms with Gasteiger partial charge >= 0.3 is 0 Å². The SMILES string of the molecule is CC(=O)O.NC(=O)c1ccc(Cc2cc(C(=O)N[C@H]3CCOC[C@@H]3O)nc3c2OCC3)cc1F. The smallest absolute Gasteiger partial charge is 0.300 e. The fourth-order valence-electron chi connectivity index (χ4n) is 3.71. The second-order valence-corrected chi connectivity index (χ2v) is 7.93. The van der Waals surface area contributed by atoms with Crippen molar-refractivity contribution in [2.75, 3.05) is 19.8 Å². The first-order chi connectivity index (χ1) is 16.2. The Morgan fingerprint density at radius 1 is 1.26 bits per heavy atom. The number of aliphatic carboxylic acids is 1. The van der Waals surface area contributed by atoms with Crippen LogP contribution in [0.3, 0.4) is 0 Å². The third-order valence-corrected chi connectivity index (χ3v) is 5.27. The molecule has 2 atom stereocenters. The summed E-state index contributed by atoms with van der Waals surface area (Å²) in [5.41, 5.74) is 7.15. The summed E-state index contributed by atoms with van der Waals surface area (Å²) in [5, 5.41) is 20.2. The highest BCUT2D eigenvalue weighted by molar-refractivity contribution is 5.93. The van der Waals surface area contributed by atoms with Crippen molar-refractivity contribution in [1.29, 1.82) is 0 Å². The molecule has 182 valence electrons. The number of hydrogen-bond acceptors (Lipinski definition) is 7. The number of carbonyl (C=O) groups is 3. The van der Waals surface area contributed by atoms with E-state index in [9.17, 15) is 19.1 Å². The average Bonchev–Trinajstić information content (AvgIpc) is 3.24. The zero-order valence-electron chi connectivity index (χ0n) is 18.5. The van der Waals surface area contributed by atoms with Gasteiger partial charge in [0, 0.05) is 31.9 Å². The van der Waals surface area contributed by atoms with Gasteiger partial charge in [-0.2, -0.15) is 0 Å². The molecule has 10 nitrogen and oxygen atoms in total. The molecule has 0 unspecified atom stereocenters. The first-order valence-electron chi connectivity index (χ1n) is 10.7. The highest BCUT2D eigenvalue weighted by Crippen LogP contribution is 2.31. The van der Waals surface area contributed by atoms with Crippen LogP contribution in [-0.4, -0.2) is 64.9 Å². The number of halogens is 1. The van der Waals surface area contributed by atoms with Crippen LogP contribution in [0.1, 0.15) is 51.0 Å². The molecule has 1 saturated heterocycles. The molecule has 0 radical (unpaired) electrons. The van der Waals surface area contributed by atoms with Crippen molar-refractivity contribution in [3.05, 3.63) is 58.2 Å². The molecule has 1 fully saturated rings. The van der Waals surface area contributed by atoms with Gasteiger partial charge in [-0.25, -0.2) is 9.37 Å². The number of rotatable bonds is 5. The van der Waals surface area contributed by atoms with Gasteiger partial charge < -0.3 is 30.7 Å². The van der Waals surface area contributed by atoms with Gasteiger partial charge in [0.1, 0.15) is 17.3 Å². The van der Waals surface area contributed by atoms with E-state index in [0.717, 1.165) is 6.92 Å². The molecule has 0 aliphatic carbocycles. The number of ether oxygens (including phenoxy) is 2. The second-order valence-electron chi connectivity index (χ2n) is 7.93. The topological polar surface area (TPSA) is 161 Å². The van der Waals surface area contributed by atoms with Gasteiger partial charge in [-0.15, -0.1) is 0 Å². The number of carboxylic acids is 1. The molecule has 34 heavy (non-hydrogen) atoms. The minimum atomic E-state index is -0.833. The molecule has 3 heterocycles. The highest BCUT2D eigenvalue weighted by atomic mass is 19.1. The number of carboxylic acid groups (broad SMARTS) is 1. The summed E-state index contributed by atoms with van der Waals surface area (Å²) in [7, 11) is 0. The fourth-order valence-corrected chi connectivity index (χ4v) is 3.71. The number of aliphatic hydroxyl groups excluding tert-OH is 1. The molecule has 0 saturated carbocycles. The lowest BCUT2D eigenvalue weighted by atomic mass is 10.0. The monoisotopic (exact) mass is 475 g/mol. The van der Waals surface area contributed by atoms with Crippen molar-refractivity contribution in [3.63, 3.8) is 0 Å². The number of fused-ring (bicyclic) bond motifs is 1. The number of aliphatic hydroxyl groups is 1. The van der Waals surface area contributed by atoms with Gasteiger partial charge in [0.15, 0.2) is 0 Å². The molecule has 1 aromatic heterocycles. The number of nitrogens with one attached hydrogen (secondary N) is 1. The van der Waals surface area contributed by atoms with E-state index in [1.165, 1.54) is 12.1 Å². The number of carbonyl (C=O) groups excluding carboxylic acids is 2. The number of nitrogens with zero attached hydrogens (tertiary/aromatic N) is 1. The number of primary amides is 1. The Bertz CT molecular complexity index is 1090. The molecule has 2 aromatic rings. The Kier molecular flexibility index (Phi) is 8.13. The molecule has 4 rings (SSSR count). The van der Waals surface area contributed by atoms with E-state index >= 15 is 0 Å². The molecule has 2 aliphatic rings. The molecular weight excluding hydrogens is 449 g/mol. The number of nitrogens with two attached hydrogens (primary N) is 1. The maximum Gasteiger partial charge on any atom is 0.300 e. The van der Waals surface area contributed by atoms with Crippen LogP contribution in [0.15, 0.2) is 24.3 Å². The Labute approximate surface area is 194 Å². The Morgan fingerprint density at radius 3 is 2.65 bits per heavy atom. The number of amides is 2. The van der Waals surface area contributed by atoms with E-state index in [2.05, 4.69) is 10.3 Å². The predicted molar refractivity (Wildman–Crippen MR) is 117 cm³/mol. The zero-order chi connectivity index (χ0) is 24.8. The summed E-state index contributed by atoms with van der Waals surface area (Å²) in [5.74, 6) is -2.16. The van der Waals surface area contributed by atoms with Crippen molar-refractivity contribution in [3.8, 4) is 5.75 Å². The number of pyridine rings is 1. The number of hydrogen-bond donors (Lipinski definition) is 4. The van der Waals surface area contributed by atoms with Gasteiger partial charge in [-0.3, -0.25) is 14.4 Å². The molecule has 2 aliphatic heterocycles. The van der Waals surface area contributed by atoms with E-state index < -0.39 is 35.7 Å². The van der Waals surface area contributed by atoms with Crippen molar-refractivity contribution in [2.24, 2.45) is 5.73 Å². The first kappa shape index (κ1) is 25.1. The van der Waals surface area contributed by atoms with Gasteiger partial charge in [0.05, 0.1) is 36.6 Å². The lowest BCUT2D eigenvalue weighted by Crippen LogP contribution is -2.48. The van der Waals surface area contributed by atoms with Crippen LogP contribution < -0.4 is 15.8 Å². The van der Waals surface area contributed by atoms with E-state index in [1.54, 1.807) is 12.1 Å². The predicted octanol–water partition coefficient (Wildman–Crippen LogP) is 0.816. The van der Waals surface area contributed by atoms with Crippen molar-refractivity contribution in [1.82, 2.24) is 10.3 Å². The average molecular weight is 475 g/mol. The quantitative estimate of drug-likeness (QED) is 0.494. The summed E-state index contributed by atoms with van der Waals surface area (Å²) in [6, 6.07) is 5.42. The van der Waals surface area contributed by atoms with E-state index in [1.807, 2.05) is 0 Å². The maximum absolute atomic E-state index is 14.1. The van der Waals surface area contributed by atoms with Crippen LogP contribution in [0.25, 0.3) is 0 Å². The minimum Gasteiger partial charge on any atom is -0.491 e. The highest BCUT2D eigenvalue weighted by Gasteiger charge is 2.28. The molecule has 5 N–H and O–H groups in total. The molecule has 0 spiro atoms. The van der Waals surface area contributed by atoms with Gasteiger partial charge in [0.2, 0.25) is 0 Å². The van der Waals surface area contributed by atoms with E-state index in [-0.39, 0.29) is 17.9 Å². The first-order valence-corrected chi connectivity index (χ1v) is 10.7. The molecule has 1 aromatic carbocycles. The number of benzene rings is 1. The summed E-state index contributed by atoms with van der Waals surface area (Å²) in [4.78, 5) is 37.4. The molecule has 11 heteroatoms. The van der Waals surface area contributed by atoms with Crippen LogP contribution in [0, 0.1) is 5.82 Å². The molecular formula is C23H26FN3O7. The van der Waals surface area contributed by atoms with E-state index in [0.29, 0.717) is 55.0 Å².